The van der Waals surface area contributed by atoms with Crippen LogP contribution in [-0.4, -0.2) is 91.8 Å². The van der Waals surface area contributed by atoms with Crippen LogP contribution in [0, 0.1) is 10.8 Å². The molecule has 2 aliphatic rings. The van der Waals surface area contributed by atoms with Crippen LogP contribution in [0.5, 0.6) is 0 Å². The predicted octanol–water partition coefficient (Wildman–Crippen LogP) is 5.15. The first-order valence-corrected chi connectivity index (χ1v) is 12.3. The van der Waals surface area contributed by atoms with Crippen molar-refractivity contribution in [2.24, 2.45) is 10.8 Å². The zero-order valence-corrected chi connectivity index (χ0v) is 24.6. The van der Waals surface area contributed by atoms with Crippen LogP contribution in [-0.2, 0) is 4.74 Å². The molecule has 6 nitrogen and oxygen atoms in total. The van der Waals surface area contributed by atoms with E-state index in [2.05, 4.69) is 56.7 Å². The lowest BCUT2D eigenvalue weighted by Crippen LogP contribution is -2.50. The number of piperazine rings is 2. The summed E-state index contributed by atoms with van der Waals surface area (Å²) in [6.07, 6.45) is 2.33. The molecular weight excluding hydrogens is 459 g/mol. The van der Waals surface area contributed by atoms with E-state index in [0.717, 1.165) is 32.7 Å². The summed E-state index contributed by atoms with van der Waals surface area (Å²) in [6, 6.07) is 0. The molecule has 2 rings (SSSR count). The number of ether oxygens (including phenoxy) is 1. The van der Waals surface area contributed by atoms with Crippen LogP contribution in [0.2, 0.25) is 0 Å². The largest absolute Gasteiger partial charge is 0.444 e. The van der Waals surface area contributed by atoms with Gasteiger partial charge in [0.2, 0.25) is 0 Å². The normalized spacial score (nSPS) is 18.4. The lowest BCUT2D eigenvalue weighted by Gasteiger charge is -2.36. The highest BCUT2D eigenvalue weighted by atomic mass is 35.5. The fourth-order valence-corrected chi connectivity index (χ4v) is 3.40. The summed E-state index contributed by atoms with van der Waals surface area (Å²) in [6.45, 7) is 30.1. The third-order valence-electron chi connectivity index (χ3n) is 5.59. The van der Waals surface area contributed by atoms with Gasteiger partial charge < -0.3 is 19.9 Å². The Kier molecular flexibility index (Phi) is 16.6. The smallest absolute Gasteiger partial charge is 0.410 e. The Morgan fingerprint density at radius 1 is 0.697 bits per heavy atom. The van der Waals surface area contributed by atoms with Crippen molar-refractivity contribution in [3.05, 3.63) is 0 Å². The Hall–Kier alpha value is -0.270. The Labute approximate surface area is 217 Å². The van der Waals surface area contributed by atoms with Crippen LogP contribution in [0.25, 0.3) is 0 Å². The van der Waals surface area contributed by atoms with E-state index in [4.69, 9.17) is 4.74 Å². The number of carbonyl (C=O) groups excluding carboxylic acids is 1. The molecule has 33 heavy (non-hydrogen) atoms. The van der Waals surface area contributed by atoms with Crippen molar-refractivity contribution in [3.63, 3.8) is 0 Å². The molecule has 1 N–H and O–H groups in total. The second-order valence-electron chi connectivity index (χ2n) is 12.5. The Morgan fingerprint density at radius 3 is 1.45 bits per heavy atom. The standard InChI is InChI=1S/C15H30N2O2.C10H22N2.2ClH/c1-14(2,3)7-8-16-9-11-17(12-10-16)13(18)19-15(4,5)6;1-10(2,3)4-7-12-8-5-11-6-9-12;;/h7-12H2,1-6H3;11H,4-9H2,1-3H3;2*1H. The molecular formula is C25H54Cl2N4O2. The zero-order valence-electron chi connectivity index (χ0n) is 23.0. The molecule has 2 fully saturated rings. The maximum absolute atomic E-state index is 11.9. The number of hydrogen-bond donors (Lipinski definition) is 1. The molecule has 0 aliphatic carbocycles. The van der Waals surface area contributed by atoms with Gasteiger partial charge >= 0.3 is 6.09 Å². The van der Waals surface area contributed by atoms with E-state index >= 15 is 0 Å². The molecule has 0 bridgehead atoms. The van der Waals surface area contributed by atoms with Crippen LogP contribution in [0.3, 0.4) is 0 Å². The highest BCUT2D eigenvalue weighted by Gasteiger charge is 2.26. The topological polar surface area (TPSA) is 48.1 Å². The average molecular weight is 514 g/mol. The van der Waals surface area contributed by atoms with Gasteiger partial charge in [-0.05, 0) is 57.5 Å². The molecule has 2 heterocycles. The number of amides is 1. The van der Waals surface area contributed by atoms with Crippen LogP contribution in [0.1, 0.15) is 75.2 Å². The second-order valence-corrected chi connectivity index (χ2v) is 12.5. The third kappa shape index (κ3) is 18.7. The molecule has 0 unspecified atom stereocenters. The third-order valence-corrected chi connectivity index (χ3v) is 5.59. The molecule has 0 radical (unpaired) electrons. The van der Waals surface area contributed by atoms with Gasteiger partial charge in [-0.3, -0.25) is 4.90 Å². The van der Waals surface area contributed by atoms with Crippen molar-refractivity contribution >= 4 is 30.9 Å². The molecule has 1 amide bonds. The first kappa shape index (κ1) is 34.9. The summed E-state index contributed by atoms with van der Waals surface area (Å²) < 4.78 is 5.40. The molecule has 0 aromatic heterocycles. The second kappa shape index (κ2) is 15.7. The number of nitrogens with one attached hydrogen (secondary N) is 1. The molecule has 8 heteroatoms. The molecule has 0 saturated carbocycles. The predicted molar refractivity (Wildman–Crippen MR) is 146 cm³/mol. The van der Waals surface area contributed by atoms with Crippen LogP contribution in [0.4, 0.5) is 4.79 Å². The van der Waals surface area contributed by atoms with Gasteiger partial charge in [0.05, 0.1) is 0 Å². The summed E-state index contributed by atoms with van der Waals surface area (Å²) in [5.74, 6) is 0. The number of halogens is 2. The number of rotatable bonds is 4. The molecule has 0 spiro atoms. The lowest BCUT2D eigenvalue weighted by molar-refractivity contribution is 0.0137. The maximum atomic E-state index is 11.9. The minimum absolute atomic E-state index is 0. The van der Waals surface area contributed by atoms with Gasteiger partial charge in [-0.2, -0.15) is 0 Å². The van der Waals surface area contributed by atoms with E-state index in [-0.39, 0.29) is 30.9 Å². The van der Waals surface area contributed by atoms with Gasteiger partial charge in [-0.15, -0.1) is 24.8 Å². The lowest BCUT2D eigenvalue weighted by atomic mass is 9.92. The van der Waals surface area contributed by atoms with E-state index in [1.807, 2.05) is 25.7 Å². The SMILES string of the molecule is CC(C)(C)CCN1CCN(C(=O)OC(C)(C)C)CC1.CC(C)(C)CCN1CCNCC1.Cl.Cl. The summed E-state index contributed by atoms with van der Waals surface area (Å²) >= 11 is 0. The van der Waals surface area contributed by atoms with Gasteiger partial charge in [-0.25, -0.2) is 4.79 Å². The monoisotopic (exact) mass is 512 g/mol. The van der Waals surface area contributed by atoms with E-state index in [9.17, 15) is 4.79 Å². The van der Waals surface area contributed by atoms with E-state index in [1.54, 1.807) is 0 Å². The Bertz CT molecular complexity index is 514. The van der Waals surface area contributed by atoms with E-state index < -0.39 is 5.60 Å². The fourth-order valence-electron chi connectivity index (χ4n) is 3.40. The van der Waals surface area contributed by atoms with Gasteiger partial charge in [0, 0.05) is 52.4 Å². The zero-order chi connectivity index (χ0) is 23.7. The minimum atomic E-state index is -0.402. The molecule has 0 aromatic rings. The highest BCUT2D eigenvalue weighted by molar-refractivity contribution is 5.85. The van der Waals surface area contributed by atoms with Gasteiger partial charge in [0.1, 0.15) is 5.60 Å². The Morgan fingerprint density at radius 2 is 1.09 bits per heavy atom. The Balaban J connectivity index is 0. The number of carbonyl (C=O) groups is 1. The van der Waals surface area contributed by atoms with E-state index in [0.29, 0.717) is 10.8 Å². The first-order chi connectivity index (χ1) is 14.1. The molecule has 2 aliphatic heterocycles. The van der Waals surface area contributed by atoms with Gasteiger partial charge in [0.15, 0.2) is 0 Å². The summed E-state index contributed by atoms with van der Waals surface area (Å²) in [5.41, 5.74) is 0.466. The molecule has 2 saturated heterocycles. The van der Waals surface area contributed by atoms with Crippen LogP contribution < -0.4 is 5.32 Å². The molecule has 0 atom stereocenters. The first-order valence-electron chi connectivity index (χ1n) is 12.3. The fraction of sp³-hybridized carbons (Fsp3) is 0.960. The average Bonchev–Trinajstić information content (AvgIpc) is 2.64. The van der Waals surface area contributed by atoms with Gasteiger partial charge in [0.25, 0.3) is 0 Å². The van der Waals surface area contributed by atoms with E-state index in [1.165, 1.54) is 45.6 Å². The maximum Gasteiger partial charge on any atom is 0.410 e. The number of nitrogens with zero attached hydrogens (tertiary/aromatic N) is 3. The minimum Gasteiger partial charge on any atom is -0.444 e. The molecule has 200 valence electrons. The van der Waals surface area contributed by atoms with Crippen molar-refractivity contribution in [1.29, 1.82) is 0 Å². The molecule has 0 aromatic carbocycles. The highest BCUT2D eigenvalue weighted by Crippen LogP contribution is 2.20. The number of hydrogen-bond acceptors (Lipinski definition) is 5. The quantitative estimate of drug-likeness (QED) is 0.564. The van der Waals surface area contributed by atoms with Gasteiger partial charge in [-0.1, -0.05) is 41.5 Å². The summed E-state index contributed by atoms with van der Waals surface area (Å²) in [5, 5.41) is 3.37. The van der Waals surface area contributed by atoms with Crippen molar-refractivity contribution in [2.45, 2.75) is 80.8 Å². The van der Waals surface area contributed by atoms with Crippen molar-refractivity contribution in [2.75, 3.05) is 65.4 Å². The summed E-state index contributed by atoms with van der Waals surface area (Å²) in [4.78, 5) is 18.7. The summed E-state index contributed by atoms with van der Waals surface area (Å²) in [7, 11) is 0. The van der Waals surface area contributed by atoms with Crippen LogP contribution in [0.15, 0.2) is 0 Å². The van der Waals surface area contributed by atoms with Crippen molar-refractivity contribution < 1.29 is 9.53 Å². The van der Waals surface area contributed by atoms with Crippen LogP contribution >= 0.6 is 24.8 Å². The van der Waals surface area contributed by atoms with Crippen molar-refractivity contribution in [1.82, 2.24) is 20.0 Å². The van der Waals surface area contributed by atoms with Crippen molar-refractivity contribution in [3.8, 4) is 0 Å².